The van der Waals surface area contributed by atoms with E-state index >= 15 is 0 Å². The van der Waals surface area contributed by atoms with Crippen molar-refractivity contribution >= 4 is 19.7 Å². The summed E-state index contributed by atoms with van der Waals surface area (Å²) in [6.45, 7) is 7.08. The molecule has 0 aromatic carbocycles. The minimum atomic E-state index is -4.45. The lowest BCUT2D eigenvalue weighted by Gasteiger charge is -2.27. The van der Waals surface area contributed by atoms with E-state index in [1.807, 2.05) is 27.2 Å². The van der Waals surface area contributed by atoms with E-state index in [9.17, 15) is 19.0 Å². The van der Waals surface area contributed by atoms with Gasteiger partial charge in [-0.2, -0.15) is 0 Å². The number of nitrogens with one attached hydrogen (secondary N) is 1. The fraction of sp³-hybridized carbons (Fsp3) is 0.918. The van der Waals surface area contributed by atoms with Crippen LogP contribution in [-0.4, -0.2) is 74.3 Å². The quantitative estimate of drug-likeness (QED) is 0.0205. The molecule has 0 aromatic heterocycles. The topological polar surface area (TPSA) is 111 Å². The number of allylic oxidation sites excluding steroid dienone is 3. The average Bonchev–Trinajstić information content (AvgIpc) is 3.46. The molecule has 0 bridgehead atoms. The minimum absolute atomic E-state index is 0.0432. The standard InChI is InChI=1S/C73H143N2O7P/c1-7-10-13-16-19-22-25-28-30-32-33-34-35-36-37-38-39-40-41-43-45-48-51-54-57-60-63-66-73(77)82-71(64-61-58-55-52-49-46-27-24-21-18-15-12-9-3)70(69-81-83(78,79)80-68-67-75(4,5)6)74-72(76)65-62-59-56-53-50-47-44-42-31-29-26-23-20-17-14-11-8-2/h29,31,61,64,70-71H,7-28,30,32-60,62-63,65-69H2,1-6H3,(H-,74,76,78,79)/p+1/b31-29+,64-61-. The molecule has 83 heavy (non-hydrogen) atoms. The Morgan fingerprint density at radius 3 is 1.02 bits per heavy atom. The van der Waals surface area contributed by atoms with Crippen molar-refractivity contribution in [1.82, 2.24) is 5.32 Å². The second kappa shape index (κ2) is 63.5. The van der Waals surface area contributed by atoms with E-state index in [0.29, 0.717) is 23.9 Å². The largest absolute Gasteiger partial charge is 0.472 e. The Morgan fingerprint density at radius 1 is 0.410 bits per heavy atom. The molecule has 3 unspecified atom stereocenters. The molecule has 0 saturated heterocycles. The summed E-state index contributed by atoms with van der Waals surface area (Å²) in [4.78, 5) is 37.9. The Hall–Kier alpha value is -1.51. The highest BCUT2D eigenvalue weighted by atomic mass is 31.2. The van der Waals surface area contributed by atoms with Crippen LogP contribution in [0.25, 0.3) is 0 Å². The Morgan fingerprint density at radius 2 is 0.699 bits per heavy atom. The molecule has 0 aliphatic heterocycles. The minimum Gasteiger partial charge on any atom is -0.456 e. The zero-order valence-corrected chi connectivity index (χ0v) is 57.4. The first kappa shape index (κ1) is 81.5. The number of phosphoric ester groups is 1. The van der Waals surface area contributed by atoms with Gasteiger partial charge in [0.05, 0.1) is 33.8 Å². The molecule has 0 heterocycles. The number of likely N-dealkylation sites (N-methyl/N-ethyl adjacent to an activating group) is 1. The van der Waals surface area contributed by atoms with Crippen LogP contribution in [0.4, 0.5) is 0 Å². The Bertz CT molecular complexity index is 1470. The lowest BCUT2D eigenvalue weighted by atomic mass is 10.0. The number of amides is 1. The van der Waals surface area contributed by atoms with Crippen LogP contribution in [0.3, 0.4) is 0 Å². The van der Waals surface area contributed by atoms with Crippen molar-refractivity contribution in [1.29, 1.82) is 0 Å². The molecular weight excluding hydrogens is 1050 g/mol. The summed E-state index contributed by atoms with van der Waals surface area (Å²) in [5.41, 5.74) is 0. The van der Waals surface area contributed by atoms with Gasteiger partial charge in [0.1, 0.15) is 19.3 Å². The molecule has 0 radical (unpaired) electrons. The first-order valence-corrected chi connectivity index (χ1v) is 38.2. The van der Waals surface area contributed by atoms with Crippen molar-refractivity contribution in [3.63, 3.8) is 0 Å². The summed E-state index contributed by atoms with van der Waals surface area (Å²) in [5, 5.41) is 3.07. The molecule has 9 nitrogen and oxygen atoms in total. The van der Waals surface area contributed by atoms with E-state index in [0.717, 1.165) is 57.8 Å². The van der Waals surface area contributed by atoms with Crippen molar-refractivity contribution < 1.29 is 37.3 Å². The van der Waals surface area contributed by atoms with E-state index < -0.39 is 20.0 Å². The number of phosphoric acid groups is 1. The maximum absolute atomic E-state index is 13.6. The number of hydrogen-bond acceptors (Lipinski definition) is 6. The molecule has 0 spiro atoms. The maximum atomic E-state index is 13.6. The molecule has 0 aliphatic carbocycles. The fourth-order valence-electron chi connectivity index (χ4n) is 11.2. The zero-order chi connectivity index (χ0) is 60.7. The number of rotatable bonds is 68. The third-order valence-electron chi connectivity index (χ3n) is 16.9. The molecule has 10 heteroatoms. The van der Waals surface area contributed by atoms with Gasteiger partial charge in [-0.25, -0.2) is 4.57 Å². The molecular formula is C73H144N2O7P+. The van der Waals surface area contributed by atoms with Crippen molar-refractivity contribution in [2.75, 3.05) is 40.9 Å². The third kappa shape index (κ3) is 64.8. The number of hydrogen-bond donors (Lipinski definition) is 2. The Labute approximate surface area is 517 Å². The molecule has 0 aliphatic rings. The van der Waals surface area contributed by atoms with Crippen LogP contribution in [0, 0.1) is 0 Å². The molecule has 0 saturated carbocycles. The summed E-state index contributed by atoms with van der Waals surface area (Å²) < 4.78 is 30.9. The number of nitrogens with zero attached hydrogens (tertiary/aromatic N) is 1. The highest BCUT2D eigenvalue weighted by Crippen LogP contribution is 2.43. The van der Waals surface area contributed by atoms with Gasteiger partial charge in [0, 0.05) is 12.8 Å². The maximum Gasteiger partial charge on any atom is 0.472 e. The van der Waals surface area contributed by atoms with Gasteiger partial charge in [-0.3, -0.25) is 18.6 Å². The van der Waals surface area contributed by atoms with Gasteiger partial charge in [0.25, 0.3) is 0 Å². The second-order valence-electron chi connectivity index (χ2n) is 26.5. The fourth-order valence-corrected chi connectivity index (χ4v) is 12.0. The van der Waals surface area contributed by atoms with Crippen LogP contribution in [0.5, 0.6) is 0 Å². The average molecular weight is 1190 g/mol. The molecule has 3 atom stereocenters. The molecule has 492 valence electrons. The predicted octanol–water partition coefficient (Wildman–Crippen LogP) is 23.2. The van der Waals surface area contributed by atoms with Crippen LogP contribution < -0.4 is 5.32 Å². The molecule has 0 rings (SSSR count). The summed E-state index contributed by atoms with van der Waals surface area (Å²) in [5.74, 6) is -0.487. The van der Waals surface area contributed by atoms with Crippen LogP contribution in [-0.2, 0) is 27.9 Å². The van der Waals surface area contributed by atoms with Gasteiger partial charge in [0.15, 0.2) is 0 Å². The molecule has 2 N–H and O–H groups in total. The van der Waals surface area contributed by atoms with E-state index in [1.165, 1.54) is 289 Å². The highest BCUT2D eigenvalue weighted by molar-refractivity contribution is 7.47. The predicted molar refractivity (Wildman–Crippen MR) is 360 cm³/mol. The molecule has 0 fully saturated rings. The van der Waals surface area contributed by atoms with Crippen molar-refractivity contribution in [2.45, 2.75) is 392 Å². The van der Waals surface area contributed by atoms with Crippen LogP contribution in [0.2, 0.25) is 0 Å². The van der Waals surface area contributed by atoms with Crippen LogP contribution in [0.15, 0.2) is 24.3 Å². The molecule has 0 aromatic rings. The van der Waals surface area contributed by atoms with E-state index in [-0.39, 0.29) is 25.1 Å². The SMILES string of the molecule is CCCCCCCC/C=C/CCCCCCCCCC(=O)NC(COP(=O)(O)OCC[N+](C)(C)C)C(/C=C\CCCCCCCCCCCCC)OC(=O)CCCCCCCCCCCCCCCCCCCCCCCCCCCCC. The van der Waals surface area contributed by atoms with E-state index in [2.05, 4.69) is 44.3 Å². The lowest BCUT2D eigenvalue weighted by molar-refractivity contribution is -0.870. The van der Waals surface area contributed by atoms with Crippen molar-refractivity contribution in [3.8, 4) is 0 Å². The monoisotopic (exact) mass is 1190 g/mol. The van der Waals surface area contributed by atoms with Gasteiger partial charge in [-0.1, -0.05) is 334 Å². The Kier molecular flexibility index (Phi) is 62.4. The number of carbonyl (C=O) groups is 2. The normalized spacial score (nSPS) is 13.6. The lowest BCUT2D eigenvalue weighted by Crippen LogP contribution is -2.47. The molecule has 1 amide bonds. The highest BCUT2D eigenvalue weighted by Gasteiger charge is 2.30. The number of quaternary nitrogens is 1. The van der Waals surface area contributed by atoms with E-state index in [1.54, 1.807) is 0 Å². The number of esters is 1. The summed E-state index contributed by atoms with van der Waals surface area (Å²) in [7, 11) is 1.51. The number of unbranched alkanes of at least 4 members (excludes halogenated alkanes) is 50. The second-order valence-corrected chi connectivity index (χ2v) is 27.9. The van der Waals surface area contributed by atoms with Gasteiger partial charge in [-0.05, 0) is 57.4 Å². The smallest absolute Gasteiger partial charge is 0.456 e. The summed E-state index contributed by atoms with van der Waals surface area (Å²) in [6.07, 6.45) is 77.7. The van der Waals surface area contributed by atoms with Crippen molar-refractivity contribution in [3.05, 3.63) is 24.3 Å². The van der Waals surface area contributed by atoms with Crippen LogP contribution >= 0.6 is 7.82 Å². The third-order valence-corrected chi connectivity index (χ3v) is 17.9. The van der Waals surface area contributed by atoms with Crippen molar-refractivity contribution in [2.24, 2.45) is 0 Å². The summed E-state index contributed by atoms with van der Waals surface area (Å²) in [6, 6.07) is -0.846. The van der Waals surface area contributed by atoms with Gasteiger partial charge in [0.2, 0.25) is 5.91 Å². The Balaban J connectivity index is 4.98. The number of ether oxygens (including phenoxy) is 1. The summed E-state index contributed by atoms with van der Waals surface area (Å²) >= 11 is 0. The van der Waals surface area contributed by atoms with Gasteiger partial charge in [-0.15, -0.1) is 0 Å². The van der Waals surface area contributed by atoms with E-state index in [4.69, 9.17) is 13.8 Å². The zero-order valence-electron chi connectivity index (χ0n) is 56.5. The van der Waals surface area contributed by atoms with Gasteiger partial charge < -0.3 is 19.4 Å². The number of carbonyl (C=O) groups excluding carboxylic acids is 2. The van der Waals surface area contributed by atoms with Gasteiger partial charge >= 0.3 is 13.8 Å². The first-order chi connectivity index (χ1) is 40.4. The van der Waals surface area contributed by atoms with Crippen LogP contribution in [0.1, 0.15) is 380 Å². The first-order valence-electron chi connectivity index (χ1n) is 36.7.